The van der Waals surface area contributed by atoms with Crippen LogP contribution >= 0.6 is 11.6 Å². The van der Waals surface area contributed by atoms with E-state index in [1.807, 2.05) is 13.0 Å². The fourth-order valence-electron chi connectivity index (χ4n) is 2.08. The van der Waals surface area contributed by atoms with Crippen molar-refractivity contribution in [1.29, 1.82) is 0 Å². The molecule has 1 heterocycles. The average molecular weight is 289 g/mol. The molecule has 0 saturated carbocycles. The summed E-state index contributed by atoms with van der Waals surface area (Å²) >= 11 is 6.01. The number of hydrogen-bond acceptors (Lipinski definition) is 3. The molecule has 2 rings (SSSR count). The van der Waals surface area contributed by atoms with E-state index in [0.29, 0.717) is 10.7 Å². The molecule has 1 aliphatic heterocycles. The molecular formula is C12H17ClN2O2S. The smallest absolute Gasteiger partial charge is 0.234 e. The first-order chi connectivity index (χ1) is 8.46. The highest BCUT2D eigenvalue weighted by Crippen LogP contribution is 2.24. The molecule has 6 heteroatoms. The Labute approximate surface area is 113 Å². The standard InChI is InChI=1S/C12H17ClN2O2S/c1-9-4-5-12(11(13)7-9)15-18(16,17)8-10-3-2-6-14-10/h4-5,7,10,14-15H,2-3,6,8H2,1H3. The van der Waals surface area contributed by atoms with Crippen molar-refractivity contribution in [2.24, 2.45) is 0 Å². The summed E-state index contributed by atoms with van der Waals surface area (Å²) in [5.41, 5.74) is 1.45. The maximum Gasteiger partial charge on any atom is 0.234 e. The lowest BCUT2D eigenvalue weighted by molar-refractivity contribution is 0.582. The molecular weight excluding hydrogens is 272 g/mol. The molecule has 0 amide bonds. The van der Waals surface area contributed by atoms with Crippen LogP contribution in [-0.4, -0.2) is 26.8 Å². The van der Waals surface area contributed by atoms with E-state index in [2.05, 4.69) is 10.0 Å². The topological polar surface area (TPSA) is 58.2 Å². The SMILES string of the molecule is Cc1ccc(NS(=O)(=O)CC2CCCN2)c(Cl)c1. The Morgan fingerprint density at radius 1 is 1.50 bits per heavy atom. The molecule has 0 aliphatic carbocycles. The second-order valence-electron chi connectivity index (χ2n) is 4.66. The summed E-state index contributed by atoms with van der Waals surface area (Å²) < 4.78 is 26.5. The van der Waals surface area contributed by atoms with Crippen LogP contribution in [0, 0.1) is 6.92 Å². The summed E-state index contributed by atoms with van der Waals surface area (Å²) in [5.74, 6) is 0.0944. The van der Waals surface area contributed by atoms with Crippen molar-refractivity contribution in [3.8, 4) is 0 Å². The summed E-state index contributed by atoms with van der Waals surface area (Å²) in [7, 11) is -3.35. The van der Waals surface area contributed by atoms with Gasteiger partial charge in [0.05, 0.1) is 16.5 Å². The molecule has 1 unspecified atom stereocenters. The van der Waals surface area contributed by atoms with Crippen LogP contribution in [0.4, 0.5) is 5.69 Å². The molecule has 1 atom stereocenters. The number of halogens is 1. The van der Waals surface area contributed by atoms with Gasteiger partial charge < -0.3 is 5.32 Å². The third-order valence-corrected chi connectivity index (χ3v) is 4.66. The van der Waals surface area contributed by atoms with Crippen LogP contribution in [0.2, 0.25) is 5.02 Å². The summed E-state index contributed by atoms with van der Waals surface area (Å²) in [6.07, 6.45) is 1.94. The Morgan fingerprint density at radius 3 is 2.89 bits per heavy atom. The van der Waals surface area contributed by atoms with E-state index in [4.69, 9.17) is 11.6 Å². The Kier molecular flexibility index (Phi) is 4.14. The maximum absolute atomic E-state index is 12.0. The maximum atomic E-state index is 12.0. The van der Waals surface area contributed by atoms with Crippen molar-refractivity contribution in [1.82, 2.24) is 5.32 Å². The highest BCUT2D eigenvalue weighted by atomic mass is 35.5. The normalized spacial score (nSPS) is 20.0. The molecule has 1 aliphatic rings. The molecule has 0 bridgehead atoms. The first kappa shape index (κ1) is 13.6. The molecule has 1 aromatic carbocycles. The number of hydrogen-bond donors (Lipinski definition) is 2. The number of aryl methyl sites for hydroxylation is 1. The van der Waals surface area contributed by atoms with Crippen LogP contribution < -0.4 is 10.0 Å². The van der Waals surface area contributed by atoms with E-state index >= 15 is 0 Å². The van der Waals surface area contributed by atoms with Crippen molar-refractivity contribution in [2.75, 3.05) is 17.0 Å². The van der Waals surface area contributed by atoms with Gasteiger partial charge in [0.1, 0.15) is 0 Å². The lowest BCUT2D eigenvalue weighted by atomic mass is 10.2. The molecule has 1 fully saturated rings. The van der Waals surface area contributed by atoms with Gasteiger partial charge in [0.15, 0.2) is 0 Å². The van der Waals surface area contributed by atoms with Crippen LogP contribution in [0.15, 0.2) is 18.2 Å². The van der Waals surface area contributed by atoms with E-state index in [0.717, 1.165) is 24.9 Å². The molecule has 0 radical (unpaired) electrons. The molecule has 18 heavy (non-hydrogen) atoms. The fourth-order valence-corrected chi connectivity index (χ4v) is 3.82. The van der Waals surface area contributed by atoms with Crippen LogP contribution in [-0.2, 0) is 10.0 Å². The van der Waals surface area contributed by atoms with Gasteiger partial charge in [0, 0.05) is 6.04 Å². The van der Waals surface area contributed by atoms with Crippen LogP contribution in [0.3, 0.4) is 0 Å². The molecule has 0 aromatic heterocycles. The zero-order valence-corrected chi connectivity index (χ0v) is 11.8. The van der Waals surface area contributed by atoms with Crippen molar-refractivity contribution in [3.05, 3.63) is 28.8 Å². The summed E-state index contributed by atoms with van der Waals surface area (Å²) in [4.78, 5) is 0. The first-order valence-corrected chi connectivity index (χ1v) is 7.99. The van der Waals surface area contributed by atoms with Crippen LogP contribution in [0.1, 0.15) is 18.4 Å². The highest BCUT2D eigenvalue weighted by molar-refractivity contribution is 7.92. The lowest BCUT2D eigenvalue weighted by Gasteiger charge is -2.13. The second-order valence-corrected chi connectivity index (χ2v) is 6.83. The van der Waals surface area contributed by atoms with E-state index < -0.39 is 10.0 Å². The monoisotopic (exact) mass is 288 g/mol. The third-order valence-electron chi connectivity index (χ3n) is 2.97. The van der Waals surface area contributed by atoms with Gasteiger partial charge in [0.2, 0.25) is 10.0 Å². The van der Waals surface area contributed by atoms with Crippen molar-refractivity contribution in [3.63, 3.8) is 0 Å². The Morgan fingerprint density at radius 2 is 2.28 bits per heavy atom. The van der Waals surface area contributed by atoms with Gasteiger partial charge in [-0.15, -0.1) is 0 Å². The molecule has 1 saturated heterocycles. The number of rotatable bonds is 4. The zero-order valence-electron chi connectivity index (χ0n) is 10.2. The molecule has 4 nitrogen and oxygen atoms in total. The quantitative estimate of drug-likeness (QED) is 0.892. The predicted molar refractivity (Wildman–Crippen MR) is 74.6 cm³/mol. The van der Waals surface area contributed by atoms with Gasteiger partial charge in [-0.3, -0.25) is 4.72 Å². The number of nitrogens with one attached hydrogen (secondary N) is 2. The Balaban J connectivity index is 2.07. The predicted octanol–water partition coefficient (Wildman–Crippen LogP) is 2.14. The molecule has 100 valence electrons. The van der Waals surface area contributed by atoms with Crippen molar-refractivity contribution < 1.29 is 8.42 Å². The lowest BCUT2D eigenvalue weighted by Crippen LogP contribution is -2.32. The Hall–Kier alpha value is -0.780. The van der Waals surface area contributed by atoms with Crippen molar-refractivity contribution >= 4 is 27.3 Å². The summed E-state index contributed by atoms with van der Waals surface area (Å²) in [5, 5.41) is 3.60. The third kappa shape index (κ3) is 3.60. The number of benzene rings is 1. The van der Waals surface area contributed by atoms with Gasteiger partial charge in [-0.1, -0.05) is 17.7 Å². The van der Waals surface area contributed by atoms with Crippen LogP contribution in [0.5, 0.6) is 0 Å². The minimum absolute atomic E-state index is 0.0479. The van der Waals surface area contributed by atoms with Gasteiger partial charge in [0.25, 0.3) is 0 Å². The minimum atomic E-state index is -3.35. The average Bonchev–Trinajstić information content (AvgIpc) is 2.74. The van der Waals surface area contributed by atoms with E-state index in [1.54, 1.807) is 12.1 Å². The first-order valence-electron chi connectivity index (χ1n) is 5.96. The van der Waals surface area contributed by atoms with Gasteiger partial charge in [-0.2, -0.15) is 0 Å². The second kappa shape index (κ2) is 5.47. The zero-order chi connectivity index (χ0) is 13.2. The Bertz CT molecular complexity index is 525. The number of anilines is 1. The minimum Gasteiger partial charge on any atom is -0.313 e. The van der Waals surface area contributed by atoms with Gasteiger partial charge in [-0.05, 0) is 44.0 Å². The van der Waals surface area contributed by atoms with Crippen LogP contribution in [0.25, 0.3) is 0 Å². The fraction of sp³-hybridized carbons (Fsp3) is 0.500. The molecule has 1 aromatic rings. The largest absolute Gasteiger partial charge is 0.313 e. The highest BCUT2D eigenvalue weighted by Gasteiger charge is 2.22. The molecule has 2 N–H and O–H groups in total. The summed E-state index contributed by atoms with van der Waals surface area (Å²) in [6.45, 7) is 2.80. The van der Waals surface area contributed by atoms with Gasteiger partial charge in [-0.25, -0.2) is 8.42 Å². The molecule has 0 spiro atoms. The summed E-state index contributed by atoms with van der Waals surface area (Å²) in [6, 6.07) is 5.31. The van der Waals surface area contributed by atoms with E-state index in [-0.39, 0.29) is 11.8 Å². The van der Waals surface area contributed by atoms with E-state index in [9.17, 15) is 8.42 Å². The van der Waals surface area contributed by atoms with Crippen molar-refractivity contribution in [2.45, 2.75) is 25.8 Å². The van der Waals surface area contributed by atoms with Gasteiger partial charge >= 0.3 is 0 Å². The van der Waals surface area contributed by atoms with E-state index in [1.165, 1.54) is 0 Å². The number of sulfonamides is 1.